The van der Waals surface area contributed by atoms with Gasteiger partial charge in [-0.2, -0.15) is 5.10 Å². The normalized spacial score (nSPS) is 12.8. The van der Waals surface area contributed by atoms with Crippen LogP contribution in [0.2, 0.25) is 5.02 Å². The van der Waals surface area contributed by atoms with Gasteiger partial charge in [-0.1, -0.05) is 41.9 Å². The van der Waals surface area contributed by atoms with E-state index in [2.05, 4.69) is 22.5 Å². The van der Waals surface area contributed by atoms with Crippen molar-refractivity contribution < 1.29 is 9.59 Å². The van der Waals surface area contributed by atoms with Crippen molar-refractivity contribution in [3.05, 3.63) is 77.3 Å². The van der Waals surface area contributed by atoms with Crippen molar-refractivity contribution in [2.24, 2.45) is 0 Å². The second-order valence-corrected chi connectivity index (χ2v) is 6.93. The van der Waals surface area contributed by atoms with E-state index >= 15 is 0 Å². The number of Topliss-reactive ketones (excluding diaryl/α,β-unsaturated/α-hetero) is 1. The van der Waals surface area contributed by atoms with E-state index in [1.165, 1.54) is 5.56 Å². The molecule has 0 saturated heterocycles. The van der Waals surface area contributed by atoms with Gasteiger partial charge in [0.15, 0.2) is 6.29 Å². The maximum atomic E-state index is 11.7. The highest BCUT2D eigenvalue weighted by molar-refractivity contribution is 6.37. The summed E-state index contributed by atoms with van der Waals surface area (Å²) >= 11 is 6.47. The van der Waals surface area contributed by atoms with Crippen molar-refractivity contribution in [3.63, 3.8) is 0 Å². The maximum absolute atomic E-state index is 11.7. The lowest BCUT2D eigenvalue weighted by Gasteiger charge is -2.27. The van der Waals surface area contributed by atoms with Gasteiger partial charge in [0.05, 0.1) is 29.1 Å². The number of ketones is 1. The molecule has 2 aromatic carbocycles. The van der Waals surface area contributed by atoms with Gasteiger partial charge in [-0.3, -0.25) is 14.3 Å². The Bertz CT molecular complexity index is 1090. The lowest BCUT2D eigenvalue weighted by molar-refractivity contribution is -0.127. The molecule has 0 spiro atoms. The third-order valence-corrected chi connectivity index (χ3v) is 4.86. The number of hydrogen-bond donors (Lipinski definition) is 1. The smallest absolute Gasteiger partial charge is 0.242 e. The molecule has 1 aliphatic heterocycles. The summed E-state index contributed by atoms with van der Waals surface area (Å²) < 4.78 is 1.88. The van der Waals surface area contributed by atoms with E-state index in [1.807, 2.05) is 41.2 Å². The Balaban J connectivity index is 1.64. The van der Waals surface area contributed by atoms with Crippen molar-refractivity contribution in [2.45, 2.75) is 6.54 Å². The Labute approximate surface area is 167 Å². The highest BCUT2D eigenvalue weighted by Gasteiger charge is 2.22. The summed E-state index contributed by atoms with van der Waals surface area (Å²) in [5.41, 5.74) is 4.61. The highest BCUT2D eigenvalue weighted by Crippen LogP contribution is 2.40. The molecule has 28 heavy (non-hydrogen) atoms. The number of fused-ring (bicyclic) bond motifs is 1. The molecule has 0 atom stereocenters. The lowest BCUT2D eigenvalue weighted by atomic mass is 10.1. The average Bonchev–Trinajstić information content (AvgIpc) is 3.17. The van der Waals surface area contributed by atoms with Crippen LogP contribution < -0.4 is 10.2 Å². The molecule has 6 nitrogen and oxygen atoms in total. The molecular formula is C21H17ClN4O2. The van der Waals surface area contributed by atoms with Crippen LogP contribution >= 0.6 is 11.6 Å². The van der Waals surface area contributed by atoms with Crippen molar-refractivity contribution >= 4 is 35.0 Å². The highest BCUT2D eigenvalue weighted by atomic mass is 35.5. The number of carbonyl (C=O) groups excluding carboxylic acids is 2. The number of aromatic nitrogens is 2. The van der Waals surface area contributed by atoms with Gasteiger partial charge in [-0.05, 0) is 23.3 Å². The maximum Gasteiger partial charge on any atom is 0.242 e. The monoisotopic (exact) mass is 392 g/mol. The van der Waals surface area contributed by atoms with Gasteiger partial charge < -0.3 is 10.2 Å². The van der Waals surface area contributed by atoms with Crippen molar-refractivity contribution in [2.75, 3.05) is 17.3 Å². The van der Waals surface area contributed by atoms with Crippen LogP contribution in [0.25, 0.3) is 11.1 Å². The largest absolute Gasteiger partial charge is 0.348 e. The van der Waals surface area contributed by atoms with Crippen LogP contribution in [-0.2, 0) is 16.1 Å². The van der Waals surface area contributed by atoms with Crippen LogP contribution in [0.5, 0.6) is 0 Å². The minimum absolute atomic E-state index is 0.190. The summed E-state index contributed by atoms with van der Waals surface area (Å²) in [6.07, 6.45) is 5.63. The van der Waals surface area contributed by atoms with Gasteiger partial charge in [0, 0.05) is 25.0 Å². The standard InChI is InChI=1S/C21H17ClN4O2/c1-25-12-18(20(28)13-27)24-21-17(22)7-15(8-19(21)25)16-9-23-26(11-16)10-14-5-3-2-4-6-14/h2-9,11-13,24H,10H2,1H3. The van der Waals surface area contributed by atoms with Crippen LogP contribution in [0.3, 0.4) is 0 Å². The van der Waals surface area contributed by atoms with Crippen LogP contribution in [0, 0.1) is 0 Å². The van der Waals surface area contributed by atoms with Crippen molar-refractivity contribution in [1.82, 2.24) is 9.78 Å². The second-order valence-electron chi connectivity index (χ2n) is 6.53. The Morgan fingerprint density at radius 1 is 1.21 bits per heavy atom. The Kier molecular flexibility index (Phi) is 4.71. The number of hydrogen-bond acceptors (Lipinski definition) is 5. The third-order valence-electron chi connectivity index (χ3n) is 4.56. The summed E-state index contributed by atoms with van der Waals surface area (Å²) in [4.78, 5) is 24.3. The number of nitrogens with zero attached hydrogens (tertiary/aromatic N) is 3. The van der Waals surface area contributed by atoms with E-state index < -0.39 is 5.78 Å². The molecule has 4 rings (SSSR count). The van der Waals surface area contributed by atoms with Crippen LogP contribution in [0.15, 0.2) is 66.8 Å². The number of rotatable bonds is 5. The molecule has 1 N–H and O–H groups in total. The predicted octanol–water partition coefficient (Wildman–Crippen LogP) is 3.72. The molecule has 3 aromatic rings. The molecular weight excluding hydrogens is 376 g/mol. The molecule has 1 aliphatic rings. The molecule has 1 aromatic heterocycles. The van der Waals surface area contributed by atoms with Crippen molar-refractivity contribution in [1.29, 1.82) is 0 Å². The first-order valence-corrected chi connectivity index (χ1v) is 9.04. The quantitative estimate of drug-likeness (QED) is 0.529. The second kappa shape index (κ2) is 7.32. The summed E-state index contributed by atoms with van der Waals surface area (Å²) in [6.45, 7) is 0.681. The predicted molar refractivity (Wildman–Crippen MR) is 109 cm³/mol. The molecule has 0 saturated carbocycles. The molecule has 140 valence electrons. The number of anilines is 2. The van der Waals surface area contributed by atoms with Gasteiger partial charge >= 0.3 is 0 Å². The van der Waals surface area contributed by atoms with Gasteiger partial charge in [-0.25, -0.2) is 0 Å². The minimum Gasteiger partial charge on any atom is -0.348 e. The fourth-order valence-corrected chi connectivity index (χ4v) is 3.41. The fourth-order valence-electron chi connectivity index (χ4n) is 3.15. The van der Waals surface area contributed by atoms with E-state index in [-0.39, 0.29) is 12.0 Å². The van der Waals surface area contributed by atoms with Crippen LogP contribution in [0.1, 0.15) is 5.56 Å². The molecule has 0 fully saturated rings. The Morgan fingerprint density at radius 2 is 2.00 bits per heavy atom. The first-order chi connectivity index (χ1) is 13.5. The molecule has 0 unspecified atom stereocenters. The number of carbonyl (C=O) groups is 2. The van der Waals surface area contributed by atoms with E-state index in [0.29, 0.717) is 17.3 Å². The van der Waals surface area contributed by atoms with Gasteiger partial charge in [0.25, 0.3) is 0 Å². The summed E-state index contributed by atoms with van der Waals surface area (Å²) in [7, 11) is 1.80. The zero-order valence-corrected chi connectivity index (χ0v) is 15.8. The summed E-state index contributed by atoms with van der Waals surface area (Å²) in [5.74, 6) is -0.625. The number of aldehydes is 1. The molecule has 0 amide bonds. The van der Waals surface area contributed by atoms with Crippen LogP contribution in [-0.4, -0.2) is 28.9 Å². The molecule has 0 bridgehead atoms. The average molecular weight is 393 g/mol. The van der Waals surface area contributed by atoms with E-state index in [4.69, 9.17) is 11.6 Å². The zero-order valence-electron chi connectivity index (χ0n) is 15.1. The minimum atomic E-state index is -0.625. The first-order valence-electron chi connectivity index (χ1n) is 8.66. The van der Waals surface area contributed by atoms with Crippen molar-refractivity contribution in [3.8, 4) is 11.1 Å². The molecule has 2 heterocycles. The molecule has 0 aliphatic carbocycles. The molecule has 0 radical (unpaired) electrons. The topological polar surface area (TPSA) is 67.2 Å². The van der Waals surface area contributed by atoms with Gasteiger partial charge in [0.2, 0.25) is 5.78 Å². The first kappa shape index (κ1) is 18.0. The third kappa shape index (κ3) is 3.42. The lowest BCUT2D eigenvalue weighted by Crippen LogP contribution is -2.24. The number of halogens is 1. The van der Waals surface area contributed by atoms with E-state index in [1.54, 1.807) is 24.3 Å². The van der Waals surface area contributed by atoms with E-state index in [9.17, 15) is 9.59 Å². The Hall–Kier alpha value is -3.38. The van der Waals surface area contributed by atoms with E-state index in [0.717, 1.165) is 16.8 Å². The van der Waals surface area contributed by atoms with Gasteiger partial charge in [0.1, 0.15) is 5.70 Å². The summed E-state index contributed by atoms with van der Waals surface area (Å²) in [6, 6.07) is 13.9. The molecule has 7 heteroatoms. The Morgan fingerprint density at radius 3 is 2.75 bits per heavy atom. The summed E-state index contributed by atoms with van der Waals surface area (Å²) in [5, 5.41) is 7.85. The number of nitrogens with one attached hydrogen (secondary N) is 1. The zero-order chi connectivity index (χ0) is 19.7. The fraction of sp³-hybridized carbons (Fsp3) is 0.0952. The van der Waals surface area contributed by atoms with Crippen LogP contribution in [0.4, 0.5) is 11.4 Å². The van der Waals surface area contributed by atoms with Gasteiger partial charge in [-0.15, -0.1) is 0 Å². The SMILES string of the molecule is CN1C=C(C(=O)C=O)Nc2c(Cl)cc(-c3cnn(Cc4ccccc4)c3)cc21. The number of allylic oxidation sites excluding steroid dienone is 1. The number of benzene rings is 2.